The Hall–Kier alpha value is -0.800. The summed E-state index contributed by atoms with van der Waals surface area (Å²) in [5.74, 6) is 1.43. The van der Waals surface area contributed by atoms with Crippen LogP contribution in [0.5, 0.6) is 11.5 Å². The van der Waals surface area contributed by atoms with Gasteiger partial charge in [-0.15, -0.1) is 0 Å². The molecule has 0 bridgehead atoms. The molecular formula is C17H20INO3S2. The molecule has 4 nitrogen and oxygen atoms in total. The molecule has 0 N–H and O–H groups in total. The zero-order chi connectivity index (χ0) is 17.7. The number of hydrogen-bond donors (Lipinski definition) is 0. The van der Waals surface area contributed by atoms with Crippen molar-refractivity contribution in [1.82, 2.24) is 4.90 Å². The van der Waals surface area contributed by atoms with E-state index in [-0.39, 0.29) is 5.91 Å². The van der Waals surface area contributed by atoms with Crippen LogP contribution in [-0.4, -0.2) is 34.9 Å². The third-order valence-corrected chi connectivity index (χ3v) is 5.45. The van der Waals surface area contributed by atoms with E-state index in [9.17, 15) is 4.79 Å². The fraction of sp³-hybridized carbons (Fsp3) is 0.412. The zero-order valence-electron chi connectivity index (χ0n) is 13.9. The predicted molar refractivity (Wildman–Crippen MR) is 112 cm³/mol. The Labute approximate surface area is 166 Å². The number of thioether (sulfide) groups is 1. The fourth-order valence-corrected chi connectivity index (χ4v) is 4.37. The van der Waals surface area contributed by atoms with Crippen LogP contribution in [-0.2, 0) is 4.79 Å². The average Bonchev–Trinajstić information content (AvgIpc) is 2.80. The molecule has 1 aliphatic heterocycles. The molecule has 24 heavy (non-hydrogen) atoms. The maximum atomic E-state index is 12.3. The molecule has 0 aliphatic carbocycles. The van der Waals surface area contributed by atoms with Crippen molar-refractivity contribution in [2.45, 2.75) is 27.2 Å². The van der Waals surface area contributed by atoms with Gasteiger partial charge in [-0.25, -0.2) is 0 Å². The van der Waals surface area contributed by atoms with E-state index in [0.29, 0.717) is 34.7 Å². The average molecular weight is 477 g/mol. The Morgan fingerprint density at radius 2 is 2.04 bits per heavy atom. The monoisotopic (exact) mass is 477 g/mol. The van der Waals surface area contributed by atoms with Gasteiger partial charge in [0, 0.05) is 6.54 Å². The van der Waals surface area contributed by atoms with Crippen molar-refractivity contribution >= 4 is 62.9 Å². The maximum absolute atomic E-state index is 12.3. The van der Waals surface area contributed by atoms with Gasteiger partial charge < -0.3 is 9.47 Å². The molecule has 0 spiro atoms. The number of hydrogen-bond acceptors (Lipinski definition) is 5. The van der Waals surface area contributed by atoms with Gasteiger partial charge in [-0.1, -0.05) is 30.9 Å². The Bertz CT molecular complexity index is 676. The predicted octanol–water partition coefficient (Wildman–Crippen LogP) is 4.70. The van der Waals surface area contributed by atoms with E-state index in [1.54, 1.807) is 4.90 Å². The van der Waals surface area contributed by atoms with E-state index in [4.69, 9.17) is 21.7 Å². The topological polar surface area (TPSA) is 38.8 Å². The van der Waals surface area contributed by atoms with E-state index >= 15 is 0 Å². The minimum Gasteiger partial charge on any atom is -0.490 e. The Kier molecular flexibility index (Phi) is 7.36. The van der Waals surface area contributed by atoms with Gasteiger partial charge in [-0.2, -0.15) is 0 Å². The summed E-state index contributed by atoms with van der Waals surface area (Å²) in [5, 5.41) is 0. The van der Waals surface area contributed by atoms with Crippen LogP contribution in [0.3, 0.4) is 0 Å². The first-order valence-corrected chi connectivity index (χ1v) is 10.2. The molecule has 0 radical (unpaired) electrons. The molecule has 1 saturated heterocycles. The summed E-state index contributed by atoms with van der Waals surface area (Å²) in [6.07, 6.45) is 2.80. The summed E-state index contributed by atoms with van der Waals surface area (Å²) in [4.78, 5) is 14.6. The highest BCUT2D eigenvalue weighted by atomic mass is 127. The van der Waals surface area contributed by atoms with Gasteiger partial charge in [-0.3, -0.25) is 9.69 Å². The second-order valence-corrected chi connectivity index (χ2v) is 7.88. The number of likely N-dealkylation sites (N-methyl/N-ethyl adjacent to an activating group) is 1. The quantitative estimate of drug-likeness (QED) is 0.324. The molecule has 0 unspecified atom stereocenters. The highest BCUT2D eigenvalue weighted by molar-refractivity contribution is 14.1. The number of amides is 1. The lowest BCUT2D eigenvalue weighted by Crippen LogP contribution is -2.27. The molecular weight excluding hydrogens is 457 g/mol. The molecule has 1 amide bonds. The minimum absolute atomic E-state index is 0.0354. The lowest BCUT2D eigenvalue weighted by Gasteiger charge is -2.14. The van der Waals surface area contributed by atoms with Crippen LogP contribution < -0.4 is 9.47 Å². The lowest BCUT2D eigenvalue weighted by atomic mass is 10.2. The van der Waals surface area contributed by atoms with Gasteiger partial charge in [0.05, 0.1) is 21.7 Å². The summed E-state index contributed by atoms with van der Waals surface area (Å²) in [7, 11) is 0. The molecule has 7 heteroatoms. The van der Waals surface area contributed by atoms with Crippen molar-refractivity contribution in [3.8, 4) is 11.5 Å². The van der Waals surface area contributed by atoms with Crippen molar-refractivity contribution in [3.05, 3.63) is 26.2 Å². The maximum Gasteiger partial charge on any atom is 0.266 e. The first-order valence-electron chi connectivity index (χ1n) is 7.86. The molecule has 1 fully saturated rings. The summed E-state index contributed by atoms with van der Waals surface area (Å²) in [5.41, 5.74) is 0.906. The highest BCUT2D eigenvalue weighted by Gasteiger charge is 2.30. The van der Waals surface area contributed by atoms with Gasteiger partial charge in [-0.05, 0) is 66.6 Å². The Balaban J connectivity index is 2.36. The molecule has 0 saturated carbocycles. The van der Waals surface area contributed by atoms with Crippen molar-refractivity contribution in [1.29, 1.82) is 0 Å². The second kappa shape index (κ2) is 9.05. The molecule has 1 aliphatic rings. The molecule has 130 valence electrons. The van der Waals surface area contributed by atoms with Crippen molar-refractivity contribution in [2.24, 2.45) is 0 Å². The van der Waals surface area contributed by atoms with Crippen LogP contribution in [0.2, 0.25) is 0 Å². The summed E-state index contributed by atoms with van der Waals surface area (Å²) >= 11 is 8.83. The summed E-state index contributed by atoms with van der Waals surface area (Å²) in [6, 6.07) is 3.90. The van der Waals surface area contributed by atoms with Crippen molar-refractivity contribution in [2.75, 3.05) is 19.8 Å². The Morgan fingerprint density at radius 1 is 1.29 bits per heavy atom. The van der Waals surface area contributed by atoms with Crippen LogP contribution in [0.15, 0.2) is 17.0 Å². The van der Waals surface area contributed by atoms with Crippen LogP contribution in [0, 0.1) is 3.57 Å². The molecule has 1 aromatic rings. The van der Waals surface area contributed by atoms with Crippen LogP contribution in [0.4, 0.5) is 0 Å². The molecule has 2 rings (SSSR count). The molecule has 1 heterocycles. The van der Waals surface area contributed by atoms with Gasteiger partial charge in [0.1, 0.15) is 4.32 Å². The van der Waals surface area contributed by atoms with E-state index < -0.39 is 0 Å². The van der Waals surface area contributed by atoms with Gasteiger partial charge in [0.15, 0.2) is 11.5 Å². The normalized spacial score (nSPS) is 16.2. The number of carbonyl (C=O) groups excluding carboxylic acids is 1. The molecule has 0 atom stereocenters. The number of carbonyl (C=O) groups is 1. The highest BCUT2D eigenvalue weighted by Crippen LogP contribution is 2.37. The first-order chi connectivity index (χ1) is 11.5. The van der Waals surface area contributed by atoms with Crippen molar-refractivity contribution < 1.29 is 14.3 Å². The summed E-state index contributed by atoms with van der Waals surface area (Å²) < 4.78 is 13.1. The number of rotatable bonds is 7. The second-order valence-electron chi connectivity index (χ2n) is 5.04. The summed E-state index contributed by atoms with van der Waals surface area (Å²) in [6.45, 7) is 7.72. The fourth-order valence-electron chi connectivity index (χ4n) is 2.20. The lowest BCUT2D eigenvalue weighted by molar-refractivity contribution is -0.121. The molecule has 0 aromatic heterocycles. The third kappa shape index (κ3) is 4.43. The number of ether oxygens (including phenoxy) is 2. The van der Waals surface area contributed by atoms with Crippen LogP contribution >= 0.6 is 46.6 Å². The first kappa shape index (κ1) is 19.5. The standard InChI is InChI=1S/C17H20INO3S2/c1-4-7-22-15-12(18)8-11(9-13(15)21-6-3)10-14-16(20)19(5-2)17(23)24-14/h8-10H,4-7H2,1-3H3/b14-10+. The number of halogens is 1. The number of benzene rings is 1. The molecule has 1 aromatic carbocycles. The third-order valence-electron chi connectivity index (χ3n) is 3.27. The number of nitrogens with zero attached hydrogens (tertiary/aromatic N) is 1. The van der Waals surface area contributed by atoms with E-state index in [1.165, 1.54) is 11.8 Å². The van der Waals surface area contributed by atoms with Crippen molar-refractivity contribution in [3.63, 3.8) is 0 Å². The zero-order valence-corrected chi connectivity index (χ0v) is 17.7. The van der Waals surface area contributed by atoms with E-state index in [0.717, 1.165) is 21.3 Å². The van der Waals surface area contributed by atoms with E-state index in [2.05, 4.69) is 29.5 Å². The minimum atomic E-state index is -0.0354. The smallest absolute Gasteiger partial charge is 0.266 e. The van der Waals surface area contributed by atoms with Crippen LogP contribution in [0.1, 0.15) is 32.8 Å². The largest absolute Gasteiger partial charge is 0.490 e. The SMILES string of the molecule is CCCOc1c(I)cc(/C=C2/SC(=S)N(CC)C2=O)cc1OCC. The Morgan fingerprint density at radius 3 is 2.62 bits per heavy atom. The number of thiocarbonyl (C=S) groups is 1. The van der Waals surface area contributed by atoms with Gasteiger partial charge >= 0.3 is 0 Å². The van der Waals surface area contributed by atoms with Gasteiger partial charge in [0.25, 0.3) is 5.91 Å². The van der Waals surface area contributed by atoms with Crippen LogP contribution in [0.25, 0.3) is 6.08 Å². The van der Waals surface area contributed by atoms with E-state index in [1.807, 2.05) is 32.1 Å². The van der Waals surface area contributed by atoms with Gasteiger partial charge in [0.2, 0.25) is 0 Å².